The van der Waals surface area contributed by atoms with Crippen molar-refractivity contribution in [3.05, 3.63) is 69.5 Å². The molecule has 30 heavy (non-hydrogen) atoms. The van der Waals surface area contributed by atoms with Gasteiger partial charge in [-0.15, -0.1) is 0 Å². The van der Waals surface area contributed by atoms with E-state index in [2.05, 4.69) is 10.6 Å². The largest absolute Gasteiger partial charge is 0.467 e. The highest BCUT2D eigenvalue weighted by Gasteiger charge is 2.29. The minimum absolute atomic E-state index is 0.0244. The summed E-state index contributed by atoms with van der Waals surface area (Å²) in [6, 6.07) is 8.57. The normalized spacial score (nSPS) is 12.6. The first kappa shape index (κ1) is 23.6. The molecule has 2 aromatic carbocycles. The Morgan fingerprint density at radius 1 is 0.967 bits per heavy atom. The minimum atomic E-state index is -1.11. The molecule has 0 bridgehead atoms. The maximum absolute atomic E-state index is 14.0. The van der Waals surface area contributed by atoms with Gasteiger partial charge in [-0.05, 0) is 29.3 Å². The number of hydrogen-bond acceptors (Lipinski definition) is 4. The molecule has 2 amide bonds. The number of nitrogens with one attached hydrogen (secondary N) is 2. The van der Waals surface area contributed by atoms with Crippen LogP contribution in [0.5, 0.6) is 0 Å². The predicted octanol–water partition coefficient (Wildman–Crippen LogP) is 3.08. The summed E-state index contributed by atoms with van der Waals surface area (Å²) in [4.78, 5) is 36.7. The number of benzene rings is 2. The van der Waals surface area contributed by atoms with Crippen molar-refractivity contribution in [3.8, 4) is 0 Å². The van der Waals surface area contributed by atoms with Crippen molar-refractivity contribution < 1.29 is 23.5 Å². The molecule has 2 atom stereocenters. The molecule has 0 aliphatic carbocycles. The van der Waals surface area contributed by atoms with Gasteiger partial charge in [0.1, 0.15) is 17.9 Å². The van der Waals surface area contributed by atoms with E-state index in [-0.39, 0.29) is 18.4 Å². The fraction of sp³-hybridized carbons (Fsp3) is 0.286. The summed E-state index contributed by atoms with van der Waals surface area (Å²) in [7, 11) is 1.18. The van der Waals surface area contributed by atoms with E-state index in [1.54, 1.807) is 24.3 Å². The topological polar surface area (TPSA) is 84.5 Å². The van der Waals surface area contributed by atoms with Crippen LogP contribution in [-0.4, -0.2) is 37.0 Å². The van der Waals surface area contributed by atoms with E-state index < -0.39 is 35.7 Å². The van der Waals surface area contributed by atoms with Crippen LogP contribution in [0.1, 0.15) is 18.1 Å². The molecule has 2 rings (SSSR count). The molecule has 0 heterocycles. The van der Waals surface area contributed by atoms with Crippen molar-refractivity contribution >= 4 is 41.0 Å². The number of ether oxygens (including phenoxy) is 1. The molecule has 2 aromatic rings. The van der Waals surface area contributed by atoms with Gasteiger partial charge in [0.25, 0.3) is 0 Å². The van der Waals surface area contributed by atoms with Gasteiger partial charge >= 0.3 is 5.97 Å². The Bertz CT molecular complexity index is 919. The van der Waals surface area contributed by atoms with E-state index in [9.17, 15) is 18.8 Å². The predicted molar refractivity (Wildman–Crippen MR) is 112 cm³/mol. The van der Waals surface area contributed by atoms with Crippen molar-refractivity contribution in [2.45, 2.75) is 31.8 Å². The fourth-order valence-corrected chi connectivity index (χ4v) is 3.43. The number of amides is 2. The fourth-order valence-electron chi connectivity index (χ4n) is 2.88. The van der Waals surface area contributed by atoms with Crippen molar-refractivity contribution in [3.63, 3.8) is 0 Å². The van der Waals surface area contributed by atoms with Gasteiger partial charge in [0, 0.05) is 29.8 Å². The zero-order valence-electron chi connectivity index (χ0n) is 16.4. The van der Waals surface area contributed by atoms with Crippen LogP contribution in [0, 0.1) is 5.82 Å². The molecule has 0 fully saturated rings. The first-order chi connectivity index (χ1) is 14.2. The lowest BCUT2D eigenvalue weighted by atomic mass is 10.0. The lowest BCUT2D eigenvalue weighted by Crippen LogP contribution is -2.53. The van der Waals surface area contributed by atoms with E-state index >= 15 is 0 Å². The van der Waals surface area contributed by atoms with E-state index in [1.807, 2.05) is 0 Å². The maximum Gasteiger partial charge on any atom is 0.328 e. The summed E-state index contributed by atoms with van der Waals surface area (Å²) in [5.41, 5.74) is 0.705. The smallest absolute Gasteiger partial charge is 0.328 e. The van der Waals surface area contributed by atoms with Gasteiger partial charge in [0.2, 0.25) is 11.8 Å². The summed E-state index contributed by atoms with van der Waals surface area (Å²) in [6.45, 7) is 1.24. The van der Waals surface area contributed by atoms with Crippen LogP contribution in [0.3, 0.4) is 0 Å². The maximum atomic E-state index is 14.0. The molecule has 0 saturated heterocycles. The minimum Gasteiger partial charge on any atom is -0.467 e. The summed E-state index contributed by atoms with van der Waals surface area (Å²) < 4.78 is 18.8. The third-order valence-electron chi connectivity index (χ3n) is 4.35. The molecule has 160 valence electrons. The second-order valence-corrected chi connectivity index (χ2v) is 7.35. The van der Waals surface area contributed by atoms with Gasteiger partial charge in [-0.1, -0.05) is 47.5 Å². The molecular weight excluding hydrogens is 434 g/mol. The Balaban J connectivity index is 2.24. The highest BCUT2D eigenvalue weighted by molar-refractivity contribution is 6.36. The number of esters is 1. The van der Waals surface area contributed by atoms with E-state index in [4.69, 9.17) is 27.9 Å². The number of rotatable bonds is 8. The molecule has 0 unspecified atom stereocenters. The van der Waals surface area contributed by atoms with Gasteiger partial charge in [-0.2, -0.15) is 0 Å². The van der Waals surface area contributed by atoms with E-state index in [0.29, 0.717) is 15.6 Å². The average molecular weight is 455 g/mol. The van der Waals surface area contributed by atoms with Crippen LogP contribution >= 0.6 is 23.2 Å². The Hall–Kier alpha value is -2.64. The van der Waals surface area contributed by atoms with Crippen LogP contribution in [0.15, 0.2) is 42.5 Å². The van der Waals surface area contributed by atoms with Crippen LogP contribution in [-0.2, 0) is 32.0 Å². The first-order valence-electron chi connectivity index (χ1n) is 9.04. The monoisotopic (exact) mass is 454 g/mol. The summed E-state index contributed by atoms with van der Waals surface area (Å²) in [6.07, 6.45) is -0.123. The molecular formula is C21H21Cl2FN2O4. The Morgan fingerprint density at radius 2 is 1.60 bits per heavy atom. The Morgan fingerprint density at radius 3 is 2.17 bits per heavy atom. The van der Waals surface area contributed by atoms with Crippen molar-refractivity contribution in [2.75, 3.05) is 7.11 Å². The van der Waals surface area contributed by atoms with Crippen LogP contribution < -0.4 is 10.6 Å². The molecule has 0 saturated carbocycles. The molecule has 6 nitrogen and oxygen atoms in total. The average Bonchev–Trinajstić information content (AvgIpc) is 2.70. The summed E-state index contributed by atoms with van der Waals surface area (Å²) in [5, 5.41) is 5.69. The SMILES string of the molecule is COC(=O)[C@@H](Cc1c(Cl)cccc1Cl)NC(=O)[C@H](Cc1ccccc1F)NC(C)=O. The van der Waals surface area contributed by atoms with Gasteiger partial charge in [0.05, 0.1) is 7.11 Å². The van der Waals surface area contributed by atoms with Gasteiger partial charge in [-0.3, -0.25) is 9.59 Å². The molecule has 0 spiro atoms. The number of hydrogen-bond donors (Lipinski definition) is 2. The van der Waals surface area contributed by atoms with E-state index in [1.165, 1.54) is 32.2 Å². The molecule has 0 aromatic heterocycles. The Labute approximate surface area is 183 Å². The molecule has 2 N–H and O–H groups in total. The summed E-state index contributed by atoms with van der Waals surface area (Å²) in [5.74, 6) is -2.37. The quantitative estimate of drug-likeness (QED) is 0.600. The zero-order chi connectivity index (χ0) is 22.3. The number of carbonyl (C=O) groups excluding carboxylic acids is 3. The zero-order valence-corrected chi connectivity index (χ0v) is 17.9. The second kappa shape index (κ2) is 10.9. The molecule has 9 heteroatoms. The van der Waals surface area contributed by atoms with Crippen molar-refractivity contribution in [1.29, 1.82) is 0 Å². The molecule has 0 aliphatic rings. The lowest BCUT2D eigenvalue weighted by Gasteiger charge is -2.23. The Kier molecular flexibility index (Phi) is 8.62. The van der Waals surface area contributed by atoms with Crippen molar-refractivity contribution in [2.24, 2.45) is 0 Å². The lowest BCUT2D eigenvalue weighted by molar-refractivity contribution is -0.145. The van der Waals surface area contributed by atoms with E-state index in [0.717, 1.165) is 0 Å². The van der Waals surface area contributed by atoms with Crippen LogP contribution in [0.2, 0.25) is 10.0 Å². The number of halogens is 3. The summed E-state index contributed by atoms with van der Waals surface area (Å²) >= 11 is 12.3. The van der Waals surface area contributed by atoms with Gasteiger partial charge in [0.15, 0.2) is 0 Å². The number of methoxy groups -OCH3 is 1. The number of carbonyl (C=O) groups is 3. The van der Waals surface area contributed by atoms with Gasteiger partial charge < -0.3 is 15.4 Å². The first-order valence-corrected chi connectivity index (χ1v) is 9.80. The molecule has 0 aliphatic heterocycles. The standard InChI is InChI=1S/C21H21Cl2FN2O4/c1-12(27)25-18(10-13-6-3-4-9-17(13)24)20(28)26-19(21(29)30-2)11-14-15(22)7-5-8-16(14)23/h3-9,18-19H,10-11H2,1-2H3,(H,25,27)(H,26,28)/t18-,19+/m0/s1. The highest BCUT2D eigenvalue weighted by atomic mass is 35.5. The van der Waals surface area contributed by atoms with Crippen LogP contribution in [0.25, 0.3) is 0 Å². The second-order valence-electron chi connectivity index (χ2n) is 6.54. The van der Waals surface area contributed by atoms with Crippen LogP contribution in [0.4, 0.5) is 4.39 Å². The van der Waals surface area contributed by atoms with Crippen molar-refractivity contribution in [1.82, 2.24) is 10.6 Å². The third-order valence-corrected chi connectivity index (χ3v) is 5.06. The molecule has 0 radical (unpaired) electrons. The highest BCUT2D eigenvalue weighted by Crippen LogP contribution is 2.25. The third kappa shape index (κ3) is 6.43. The van der Waals surface area contributed by atoms with Gasteiger partial charge in [-0.25, -0.2) is 9.18 Å².